The number of hydrogen-bond acceptors (Lipinski definition) is 6. The van der Waals surface area contributed by atoms with Gasteiger partial charge in [-0.2, -0.15) is 0 Å². The van der Waals surface area contributed by atoms with Gasteiger partial charge >= 0.3 is 5.97 Å². The second-order valence-electron chi connectivity index (χ2n) is 8.06. The zero-order valence-corrected chi connectivity index (χ0v) is 19.1. The van der Waals surface area contributed by atoms with E-state index in [9.17, 15) is 19.5 Å². The van der Waals surface area contributed by atoms with Crippen molar-refractivity contribution in [1.29, 1.82) is 0 Å². The standard InChI is InChI=1S/C27H24N2O5/c1-28(2)20-14-12-17(13-15-20)23-22(24(30)18-8-5-4-6-9-18)25(31)26(32)29(23)21-11-7-10-19(16-21)27(33)34-3/h4-16,23,30H,1-3H3/b24-22+. The number of hydrogen-bond donors (Lipinski definition) is 1. The van der Waals surface area contributed by atoms with Gasteiger partial charge in [0.1, 0.15) is 5.76 Å². The summed E-state index contributed by atoms with van der Waals surface area (Å²) >= 11 is 0. The topological polar surface area (TPSA) is 87.1 Å². The Balaban J connectivity index is 1.92. The fourth-order valence-corrected chi connectivity index (χ4v) is 4.02. The Labute approximate surface area is 197 Å². The third-order valence-corrected chi connectivity index (χ3v) is 5.76. The summed E-state index contributed by atoms with van der Waals surface area (Å²) in [4.78, 5) is 41.8. The van der Waals surface area contributed by atoms with E-state index in [2.05, 4.69) is 0 Å². The molecule has 1 aliphatic rings. The molecule has 0 radical (unpaired) electrons. The lowest BCUT2D eigenvalue weighted by Gasteiger charge is -2.26. The first-order valence-corrected chi connectivity index (χ1v) is 10.7. The van der Waals surface area contributed by atoms with Crippen molar-refractivity contribution < 1.29 is 24.2 Å². The Kier molecular flexibility index (Phi) is 6.19. The van der Waals surface area contributed by atoms with Crippen LogP contribution >= 0.6 is 0 Å². The smallest absolute Gasteiger partial charge is 0.337 e. The molecule has 0 spiro atoms. The van der Waals surface area contributed by atoms with Crippen LogP contribution in [-0.4, -0.2) is 44.0 Å². The van der Waals surface area contributed by atoms with Crippen LogP contribution in [0.3, 0.4) is 0 Å². The maximum absolute atomic E-state index is 13.3. The highest BCUT2D eigenvalue weighted by Gasteiger charge is 2.47. The number of rotatable bonds is 5. The highest BCUT2D eigenvalue weighted by atomic mass is 16.5. The summed E-state index contributed by atoms with van der Waals surface area (Å²) in [6.45, 7) is 0. The molecule has 3 aromatic rings. The number of esters is 1. The molecule has 172 valence electrons. The molecule has 3 aromatic carbocycles. The van der Waals surface area contributed by atoms with Gasteiger partial charge in [-0.15, -0.1) is 0 Å². The van der Waals surface area contributed by atoms with Crippen LogP contribution in [0.2, 0.25) is 0 Å². The van der Waals surface area contributed by atoms with E-state index in [0.29, 0.717) is 16.8 Å². The molecule has 34 heavy (non-hydrogen) atoms. The Morgan fingerprint density at radius 3 is 2.18 bits per heavy atom. The fraction of sp³-hybridized carbons (Fsp3) is 0.148. The highest BCUT2D eigenvalue weighted by Crippen LogP contribution is 2.42. The summed E-state index contributed by atoms with van der Waals surface area (Å²) in [6.07, 6.45) is 0. The summed E-state index contributed by atoms with van der Waals surface area (Å²) in [6, 6.07) is 21.5. The number of aliphatic hydroxyl groups is 1. The summed E-state index contributed by atoms with van der Waals surface area (Å²) in [7, 11) is 5.09. The average Bonchev–Trinajstić information content (AvgIpc) is 3.14. The number of nitrogens with zero attached hydrogens (tertiary/aromatic N) is 2. The van der Waals surface area contributed by atoms with Crippen LogP contribution in [-0.2, 0) is 14.3 Å². The maximum atomic E-state index is 13.3. The molecule has 4 rings (SSSR count). The zero-order chi connectivity index (χ0) is 24.4. The molecular weight excluding hydrogens is 432 g/mol. The van der Waals surface area contributed by atoms with Gasteiger partial charge in [0.2, 0.25) is 0 Å². The molecule has 0 saturated carbocycles. The third kappa shape index (κ3) is 4.03. The first-order chi connectivity index (χ1) is 16.3. The Morgan fingerprint density at radius 1 is 0.912 bits per heavy atom. The van der Waals surface area contributed by atoms with Crippen LogP contribution in [0.15, 0.2) is 84.4 Å². The molecule has 0 aromatic heterocycles. The van der Waals surface area contributed by atoms with Gasteiger partial charge in [-0.05, 0) is 35.9 Å². The summed E-state index contributed by atoms with van der Waals surface area (Å²) in [5, 5.41) is 11.1. The van der Waals surface area contributed by atoms with Gasteiger partial charge in [0, 0.05) is 31.0 Å². The minimum atomic E-state index is -0.885. The van der Waals surface area contributed by atoms with Crippen molar-refractivity contribution in [2.45, 2.75) is 6.04 Å². The van der Waals surface area contributed by atoms with Crippen molar-refractivity contribution in [3.63, 3.8) is 0 Å². The number of Topliss-reactive ketones (excluding diaryl/α,β-unsaturated/α-hetero) is 1. The number of aliphatic hydroxyl groups excluding tert-OH is 1. The first kappa shape index (κ1) is 22.8. The highest BCUT2D eigenvalue weighted by molar-refractivity contribution is 6.51. The molecule has 1 heterocycles. The lowest BCUT2D eigenvalue weighted by atomic mass is 9.95. The van der Waals surface area contributed by atoms with Crippen molar-refractivity contribution in [3.05, 3.63) is 101 Å². The normalized spacial score (nSPS) is 17.0. The summed E-state index contributed by atoms with van der Waals surface area (Å²) < 4.78 is 4.80. The molecule has 0 bridgehead atoms. The molecule has 1 unspecified atom stereocenters. The largest absolute Gasteiger partial charge is 0.507 e. The minimum absolute atomic E-state index is 0.0164. The van der Waals surface area contributed by atoms with Gasteiger partial charge in [-0.3, -0.25) is 14.5 Å². The molecule has 0 aliphatic carbocycles. The molecule has 1 N–H and O–H groups in total. The van der Waals surface area contributed by atoms with Crippen LogP contribution in [0.25, 0.3) is 5.76 Å². The predicted molar refractivity (Wildman–Crippen MR) is 130 cm³/mol. The molecule has 7 heteroatoms. The number of methoxy groups -OCH3 is 1. The lowest BCUT2D eigenvalue weighted by Crippen LogP contribution is -2.29. The third-order valence-electron chi connectivity index (χ3n) is 5.76. The van der Waals surface area contributed by atoms with Crippen molar-refractivity contribution in [3.8, 4) is 0 Å². The number of ketones is 1. The van der Waals surface area contributed by atoms with Gasteiger partial charge in [-0.1, -0.05) is 48.5 Å². The number of amides is 1. The molecule has 1 saturated heterocycles. The first-order valence-electron chi connectivity index (χ1n) is 10.7. The number of benzene rings is 3. The Hall–Kier alpha value is -4.39. The number of carbonyl (C=O) groups excluding carboxylic acids is 3. The second-order valence-corrected chi connectivity index (χ2v) is 8.06. The van der Waals surface area contributed by atoms with E-state index in [0.717, 1.165) is 5.69 Å². The monoisotopic (exact) mass is 456 g/mol. The molecule has 1 fully saturated rings. The summed E-state index contributed by atoms with van der Waals surface area (Å²) in [5.74, 6) is -2.41. The van der Waals surface area contributed by atoms with E-state index in [-0.39, 0.29) is 16.9 Å². The number of carbonyl (C=O) groups is 3. The Bertz CT molecular complexity index is 1280. The van der Waals surface area contributed by atoms with E-state index in [1.54, 1.807) is 48.5 Å². The molecule has 1 aliphatic heterocycles. The van der Waals surface area contributed by atoms with E-state index >= 15 is 0 Å². The maximum Gasteiger partial charge on any atom is 0.337 e. The van der Waals surface area contributed by atoms with Gasteiger partial charge in [0.15, 0.2) is 0 Å². The van der Waals surface area contributed by atoms with Crippen LogP contribution in [0.4, 0.5) is 11.4 Å². The van der Waals surface area contributed by atoms with Crippen molar-refractivity contribution in [2.24, 2.45) is 0 Å². The van der Waals surface area contributed by atoms with Crippen molar-refractivity contribution in [1.82, 2.24) is 0 Å². The van der Waals surface area contributed by atoms with E-state index in [4.69, 9.17) is 4.74 Å². The number of ether oxygens (including phenoxy) is 1. The molecule has 1 atom stereocenters. The van der Waals surface area contributed by atoms with Gasteiger partial charge in [-0.25, -0.2) is 4.79 Å². The van der Waals surface area contributed by atoms with E-state index in [1.165, 1.54) is 18.1 Å². The quantitative estimate of drug-likeness (QED) is 0.268. The van der Waals surface area contributed by atoms with E-state index < -0.39 is 23.7 Å². The van der Waals surface area contributed by atoms with Crippen molar-refractivity contribution >= 4 is 34.8 Å². The fourth-order valence-electron chi connectivity index (χ4n) is 4.02. The molecule has 1 amide bonds. The van der Waals surface area contributed by atoms with Crippen LogP contribution in [0, 0.1) is 0 Å². The predicted octanol–water partition coefficient (Wildman–Crippen LogP) is 4.17. The Morgan fingerprint density at radius 2 is 1.56 bits per heavy atom. The van der Waals surface area contributed by atoms with Crippen LogP contribution < -0.4 is 9.80 Å². The molecule has 7 nitrogen and oxygen atoms in total. The SMILES string of the molecule is COC(=O)c1cccc(N2C(=O)C(=O)/C(=C(/O)c3ccccc3)C2c2ccc(N(C)C)cc2)c1. The average molecular weight is 456 g/mol. The lowest BCUT2D eigenvalue weighted by molar-refractivity contribution is -0.132. The molecular formula is C27H24N2O5. The van der Waals surface area contributed by atoms with Gasteiger partial charge in [0.25, 0.3) is 11.7 Å². The van der Waals surface area contributed by atoms with Crippen LogP contribution in [0.1, 0.15) is 27.5 Å². The number of anilines is 2. The van der Waals surface area contributed by atoms with E-state index in [1.807, 2.05) is 43.3 Å². The minimum Gasteiger partial charge on any atom is -0.507 e. The zero-order valence-electron chi connectivity index (χ0n) is 19.1. The second kappa shape index (κ2) is 9.23. The van der Waals surface area contributed by atoms with Gasteiger partial charge < -0.3 is 14.7 Å². The van der Waals surface area contributed by atoms with Crippen LogP contribution in [0.5, 0.6) is 0 Å². The summed E-state index contributed by atoms with van der Waals surface area (Å²) in [5.41, 5.74) is 2.59. The van der Waals surface area contributed by atoms with Crippen molar-refractivity contribution in [2.75, 3.05) is 31.0 Å². The van der Waals surface area contributed by atoms with Gasteiger partial charge in [0.05, 0.1) is 24.3 Å².